The van der Waals surface area contributed by atoms with E-state index in [0.29, 0.717) is 24.1 Å². The minimum Gasteiger partial charge on any atom is -0.454 e. The average Bonchev–Trinajstić information content (AvgIpc) is 3.32. The minimum atomic E-state index is -0.197. The molecule has 2 aliphatic rings. The second-order valence-electron chi connectivity index (χ2n) is 7.33. The molecule has 1 unspecified atom stereocenters. The normalized spacial score (nSPS) is 18.8. The smallest absolute Gasteiger partial charge is 0.351 e. The molecule has 8 nitrogen and oxygen atoms in total. The molecular formula is C20H23N5O3. The van der Waals surface area contributed by atoms with Crippen molar-refractivity contribution in [3.05, 3.63) is 46.5 Å². The van der Waals surface area contributed by atoms with Crippen molar-refractivity contribution in [1.82, 2.24) is 19.2 Å². The lowest BCUT2D eigenvalue weighted by molar-refractivity contribution is 0.174. The van der Waals surface area contributed by atoms with Gasteiger partial charge in [-0.2, -0.15) is 4.98 Å². The average molecular weight is 381 g/mol. The van der Waals surface area contributed by atoms with Crippen molar-refractivity contribution in [1.29, 1.82) is 0 Å². The molecule has 3 aromatic rings. The molecule has 1 aromatic carbocycles. The number of hydrogen-bond acceptors (Lipinski definition) is 6. The van der Waals surface area contributed by atoms with Crippen LogP contribution >= 0.6 is 0 Å². The lowest BCUT2D eigenvalue weighted by Crippen LogP contribution is -2.39. The fourth-order valence-corrected chi connectivity index (χ4v) is 4.10. The van der Waals surface area contributed by atoms with Crippen LogP contribution in [0.25, 0.3) is 5.78 Å². The molecule has 0 amide bonds. The number of piperidine rings is 1. The Labute approximate surface area is 162 Å². The van der Waals surface area contributed by atoms with E-state index in [1.54, 1.807) is 6.20 Å². The molecule has 1 saturated heterocycles. The van der Waals surface area contributed by atoms with E-state index < -0.39 is 0 Å². The van der Waals surface area contributed by atoms with Crippen LogP contribution in [0.2, 0.25) is 0 Å². The predicted octanol–water partition coefficient (Wildman–Crippen LogP) is 2.44. The van der Waals surface area contributed by atoms with Crippen LogP contribution in [0.5, 0.6) is 11.5 Å². The van der Waals surface area contributed by atoms with Gasteiger partial charge in [0.1, 0.15) is 5.82 Å². The summed E-state index contributed by atoms with van der Waals surface area (Å²) in [6.07, 6.45) is 6.51. The molecule has 0 N–H and O–H groups in total. The van der Waals surface area contributed by atoms with Gasteiger partial charge in [-0.25, -0.2) is 13.9 Å². The first-order chi connectivity index (χ1) is 13.7. The summed E-state index contributed by atoms with van der Waals surface area (Å²) in [6, 6.07) is 8.09. The molecule has 4 heterocycles. The highest BCUT2D eigenvalue weighted by atomic mass is 16.7. The highest BCUT2D eigenvalue weighted by molar-refractivity contribution is 5.46. The summed E-state index contributed by atoms with van der Waals surface area (Å²) in [4.78, 5) is 19.8. The summed E-state index contributed by atoms with van der Waals surface area (Å²) >= 11 is 0. The molecule has 28 heavy (non-hydrogen) atoms. The summed E-state index contributed by atoms with van der Waals surface area (Å²) in [5.74, 6) is 2.76. The van der Waals surface area contributed by atoms with Crippen molar-refractivity contribution in [2.75, 3.05) is 18.2 Å². The van der Waals surface area contributed by atoms with Crippen molar-refractivity contribution in [3.8, 4) is 11.5 Å². The zero-order valence-electron chi connectivity index (χ0n) is 15.9. The van der Waals surface area contributed by atoms with E-state index in [1.165, 1.54) is 28.3 Å². The topological polar surface area (TPSA) is 73.9 Å². The Morgan fingerprint density at radius 2 is 2.07 bits per heavy atom. The summed E-state index contributed by atoms with van der Waals surface area (Å²) < 4.78 is 13.7. The van der Waals surface area contributed by atoms with E-state index >= 15 is 0 Å². The third-order valence-corrected chi connectivity index (χ3v) is 5.60. The maximum Gasteiger partial charge on any atom is 0.351 e. The van der Waals surface area contributed by atoms with Crippen molar-refractivity contribution in [2.24, 2.45) is 0 Å². The lowest BCUT2D eigenvalue weighted by atomic mass is 10.0. The number of aromatic nitrogens is 4. The Hall–Kier alpha value is -3.03. The lowest BCUT2D eigenvalue weighted by Gasteiger charge is -2.36. The number of anilines is 1. The standard InChI is InChI=1S/C20H23N5O3/c1-2-15-5-3-4-9-23(15)18-8-10-24-19(21-18)22-25(20(24)26)12-14-6-7-16-17(11-14)28-13-27-16/h6-8,10-11,15H,2-5,9,12-13H2,1H3. The van der Waals surface area contributed by atoms with Crippen LogP contribution in [0.3, 0.4) is 0 Å². The van der Waals surface area contributed by atoms with E-state index in [9.17, 15) is 4.79 Å². The van der Waals surface area contributed by atoms with Gasteiger partial charge in [0.25, 0.3) is 5.78 Å². The fourth-order valence-electron chi connectivity index (χ4n) is 4.10. The molecule has 0 spiro atoms. The molecule has 0 bridgehead atoms. The van der Waals surface area contributed by atoms with Gasteiger partial charge in [0.15, 0.2) is 11.5 Å². The maximum atomic E-state index is 12.7. The Morgan fingerprint density at radius 1 is 1.18 bits per heavy atom. The summed E-state index contributed by atoms with van der Waals surface area (Å²) in [7, 11) is 0. The van der Waals surface area contributed by atoms with Crippen molar-refractivity contribution in [3.63, 3.8) is 0 Å². The van der Waals surface area contributed by atoms with Gasteiger partial charge in [0.2, 0.25) is 6.79 Å². The zero-order valence-corrected chi connectivity index (χ0v) is 15.9. The van der Waals surface area contributed by atoms with Gasteiger partial charge < -0.3 is 14.4 Å². The minimum absolute atomic E-state index is 0.197. The SMILES string of the molecule is CCC1CCCCN1c1ccn2c(=O)n(Cc3ccc4c(c3)OCO4)nc2n1. The van der Waals surface area contributed by atoms with E-state index in [4.69, 9.17) is 14.5 Å². The first kappa shape index (κ1) is 17.1. The van der Waals surface area contributed by atoms with E-state index in [-0.39, 0.29) is 12.5 Å². The van der Waals surface area contributed by atoms with Gasteiger partial charge >= 0.3 is 5.69 Å². The summed E-state index contributed by atoms with van der Waals surface area (Å²) in [6.45, 7) is 3.81. The monoisotopic (exact) mass is 381 g/mol. The second kappa shape index (κ2) is 6.85. The van der Waals surface area contributed by atoms with Crippen molar-refractivity contribution < 1.29 is 9.47 Å². The van der Waals surface area contributed by atoms with Crippen molar-refractivity contribution in [2.45, 2.75) is 45.2 Å². The van der Waals surface area contributed by atoms with Crippen molar-refractivity contribution >= 4 is 11.6 Å². The molecule has 2 aromatic heterocycles. The molecule has 1 atom stereocenters. The van der Waals surface area contributed by atoms with Crippen LogP contribution in [0.4, 0.5) is 5.82 Å². The second-order valence-corrected chi connectivity index (χ2v) is 7.33. The quantitative estimate of drug-likeness (QED) is 0.691. The Kier molecular flexibility index (Phi) is 4.18. The van der Waals surface area contributed by atoms with Crippen LogP contribution in [0.15, 0.2) is 35.3 Å². The van der Waals surface area contributed by atoms with E-state index in [2.05, 4.69) is 16.9 Å². The molecule has 0 radical (unpaired) electrons. The van der Waals surface area contributed by atoms with Gasteiger partial charge in [-0.05, 0) is 49.4 Å². The molecule has 0 aliphatic carbocycles. The van der Waals surface area contributed by atoms with Crippen LogP contribution < -0.4 is 20.1 Å². The van der Waals surface area contributed by atoms with Gasteiger partial charge in [-0.15, -0.1) is 5.10 Å². The van der Waals surface area contributed by atoms with Gasteiger partial charge in [0, 0.05) is 18.8 Å². The zero-order chi connectivity index (χ0) is 19.1. The number of rotatable bonds is 4. The predicted molar refractivity (Wildman–Crippen MR) is 104 cm³/mol. The first-order valence-corrected chi connectivity index (χ1v) is 9.84. The highest BCUT2D eigenvalue weighted by Crippen LogP contribution is 2.32. The highest BCUT2D eigenvalue weighted by Gasteiger charge is 2.23. The van der Waals surface area contributed by atoms with E-state index in [1.807, 2.05) is 24.3 Å². The number of fused-ring (bicyclic) bond motifs is 2. The summed E-state index contributed by atoms with van der Waals surface area (Å²) in [5.41, 5.74) is 0.731. The molecule has 2 aliphatic heterocycles. The van der Waals surface area contributed by atoms with Crippen LogP contribution in [0.1, 0.15) is 38.2 Å². The largest absolute Gasteiger partial charge is 0.454 e. The first-order valence-electron chi connectivity index (χ1n) is 9.84. The molecule has 146 valence electrons. The number of nitrogens with zero attached hydrogens (tertiary/aromatic N) is 5. The number of benzene rings is 1. The third kappa shape index (κ3) is 2.89. The van der Waals surface area contributed by atoms with Gasteiger partial charge in [-0.3, -0.25) is 0 Å². The molecule has 0 saturated carbocycles. The Balaban J connectivity index is 1.46. The van der Waals surface area contributed by atoms with Crippen LogP contribution in [-0.2, 0) is 6.54 Å². The summed E-state index contributed by atoms with van der Waals surface area (Å²) in [5, 5.41) is 4.46. The Bertz CT molecular complexity index is 1070. The van der Waals surface area contributed by atoms with E-state index in [0.717, 1.165) is 30.1 Å². The fraction of sp³-hybridized carbons (Fsp3) is 0.450. The molecular weight excluding hydrogens is 358 g/mol. The van der Waals surface area contributed by atoms with Gasteiger partial charge in [0.05, 0.1) is 6.54 Å². The number of hydrogen-bond donors (Lipinski definition) is 0. The number of ether oxygens (including phenoxy) is 2. The molecule has 1 fully saturated rings. The van der Waals surface area contributed by atoms with Gasteiger partial charge in [-0.1, -0.05) is 13.0 Å². The Morgan fingerprint density at radius 3 is 2.96 bits per heavy atom. The van der Waals surface area contributed by atoms with Crippen LogP contribution in [0, 0.1) is 0 Å². The molecule has 5 rings (SSSR count). The third-order valence-electron chi connectivity index (χ3n) is 5.60. The maximum absolute atomic E-state index is 12.7. The molecule has 8 heteroatoms. The van der Waals surface area contributed by atoms with Crippen LogP contribution in [-0.4, -0.2) is 38.5 Å².